The van der Waals surface area contributed by atoms with Gasteiger partial charge < -0.3 is 5.73 Å². The fraction of sp³-hybridized carbons (Fsp3) is 0.333. The molecule has 0 spiro atoms. The van der Waals surface area contributed by atoms with Crippen molar-refractivity contribution >= 4 is 11.6 Å². The van der Waals surface area contributed by atoms with Crippen LogP contribution in [0.3, 0.4) is 0 Å². The van der Waals surface area contributed by atoms with E-state index in [1.807, 2.05) is 6.92 Å². The first-order valence-corrected chi connectivity index (χ1v) is 6.10. The Labute approximate surface area is 110 Å². The second-order valence-electron chi connectivity index (χ2n) is 4.03. The largest absolute Gasteiger partial charge is 0.319 e. The first kappa shape index (κ1) is 13.0. The fourth-order valence-corrected chi connectivity index (χ4v) is 2.09. The number of nitrogens with zero attached hydrogens (tertiary/aromatic N) is 3. The predicted octanol–water partition coefficient (Wildman–Crippen LogP) is 2.53. The average molecular weight is 269 g/mol. The van der Waals surface area contributed by atoms with Crippen molar-refractivity contribution < 1.29 is 4.39 Å². The summed E-state index contributed by atoms with van der Waals surface area (Å²) in [6.45, 7) is 2.78. The third kappa shape index (κ3) is 2.52. The van der Waals surface area contributed by atoms with E-state index in [2.05, 4.69) is 10.3 Å². The lowest BCUT2D eigenvalue weighted by Gasteiger charge is -2.14. The van der Waals surface area contributed by atoms with Gasteiger partial charge in [0.05, 0.1) is 17.9 Å². The second-order valence-corrected chi connectivity index (χ2v) is 4.43. The minimum Gasteiger partial charge on any atom is -0.319 e. The molecule has 1 heterocycles. The highest BCUT2D eigenvalue weighted by molar-refractivity contribution is 6.31. The molecule has 6 heteroatoms. The summed E-state index contributed by atoms with van der Waals surface area (Å²) < 4.78 is 14.7. The zero-order chi connectivity index (χ0) is 13.1. The van der Waals surface area contributed by atoms with Crippen LogP contribution in [0.2, 0.25) is 5.02 Å². The summed E-state index contributed by atoms with van der Waals surface area (Å²) in [5, 5.41) is 8.13. The smallest absolute Gasteiger partial charge is 0.124 e. The Morgan fingerprint density at radius 1 is 1.50 bits per heavy atom. The molecule has 18 heavy (non-hydrogen) atoms. The summed E-state index contributed by atoms with van der Waals surface area (Å²) in [5.74, 6) is -0.379. The number of hydrogen-bond acceptors (Lipinski definition) is 3. The Morgan fingerprint density at radius 2 is 2.28 bits per heavy atom. The standard InChI is InChI=1S/C12H14ClFN4/c1-2-5-18-11(7-16-17-18)12(15)9-4-3-8(14)6-10(9)13/h3-4,6-7,12H,2,5,15H2,1H3. The van der Waals surface area contributed by atoms with Crippen LogP contribution in [-0.4, -0.2) is 15.0 Å². The molecule has 0 aliphatic rings. The Kier molecular flexibility index (Phi) is 3.93. The molecule has 4 nitrogen and oxygen atoms in total. The summed E-state index contributed by atoms with van der Waals surface area (Å²) in [4.78, 5) is 0. The van der Waals surface area contributed by atoms with Crippen molar-refractivity contribution in [1.29, 1.82) is 0 Å². The summed E-state index contributed by atoms with van der Waals surface area (Å²) >= 11 is 6.00. The van der Waals surface area contributed by atoms with Crippen LogP contribution in [0.25, 0.3) is 0 Å². The molecule has 0 aliphatic heterocycles. The van der Waals surface area contributed by atoms with Crippen LogP contribution in [0, 0.1) is 5.82 Å². The number of aryl methyl sites for hydroxylation is 1. The highest BCUT2D eigenvalue weighted by Crippen LogP contribution is 2.26. The Hall–Kier alpha value is -1.46. The number of halogens is 2. The van der Waals surface area contributed by atoms with Gasteiger partial charge in [0.1, 0.15) is 5.82 Å². The SMILES string of the molecule is CCCn1nncc1C(N)c1ccc(F)cc1Cl. The van der Waals surface area contributed by atoms with E-state index >= 15 is 0 Å². The number of aromatic nitrogens is 3. The lowest BCUT2D eigenvalue weighted by atomic mass is 10.0. The molecule has 0 aliphatic carbocycles. The quantitative estimate of drug-likeness (QED) is 0.927. The number of rotatable bonds is 4. The van der Waals surface area contributed by atoms with Gasteiger partial charge in [-0.2, -0.15) is 0 Å². The van der Waals surface area contributed by atoms with Crippen LogP contribution in [0.1, 0.15) is 30.6 Å². The summed E-state index contributed by atoms with van der Waals surface area (Å²) in [7, 11) is 0. The lowest BCUT2D eigenvalue weighted by molar-refractivity contribution is 0.543. The van der Waals surface area contributed by atoms with Crippen LogP contribution in [-0.2, 0) is 6.54 Å². The van der Waals surface area contributed by atoms with E-state index < -0.39 is 6.04 Å². The fourth-order valence-electron chi connectivity index (χ4n) is 1.81. The number of nitrogens with two attached hydrogens (primary N) is 1. The molecule has 0 fully saturated rings. The Bertz CT molecular complexity index is 541. The van der Waals surface area contributed by atoms with Gasteiger partial charge in [-0.05, 0) is 24.1 Å². The van der Waals surface area contributed by atoms with E-state index in [4.69, 9.17) is 17.3 Å². The molecule has 1 aromatic carbocycles. The molecule has 2 rings (SSSR count). The van der Waals surface area contributed by atoms with Crippen molar-refractivity contribution in [2.45, 2.75) is 25.9 Å². The molecule has 1 atom stereocenters. The third-order valence-corrected chi connectivity index (χ3v) is 3.03. The van der Waals surface area contributed by atoms with Crippen molar-refractivity contribution in [3.8, 4) is 0 Å². The predicted molar refractivity (Wildman–Crippen MR) is 67.8 cm³/mol. The summed E-state index contributed by atoms with van der Waals surface area (Å²) in [6, 6.07) is 3.73. The van der Waals surface area contributed by atoms with Gasteiger partial charge in [-0.1, -0.05) is 29.8 Å². The molecular weight excluding hydrogens is 255 g/mol. The van der Waals surface area contributed by atoms with Crippen LogP contribution in [0.4, 0.5) is 4.39 Å². The first-order valence-electron chi connectivity index (χ1n) is 5.72. The van der Waals surface area contributed by atoms with Gasteiger partial charge in [-0.3, -0.25) is 0 Å². The zero-order valence-electron chi connectivity index (χ0n) is 9.98. The molecular formula is C12H14ClFN4. The number of benzene rings is 1. The zero-order valence-corrected chi connectivity index (χ0v) is 10.7. The molecule has 96 valence electrons. The van der Waals surface area contributed by atoms with Gasteiger partial charge in [0.2, 0.25) is 0 Å². The van der Waals surface area contributed by atoms with Crippen molar-refractivity contribution in [1.82, 2.24) is 15.0 Å². The third-order valence-electron chi connectivity index (χ3n) is 2.70. The maximum absolute atomic E-state index is 13.0. The van der Waals surface area contributed by atoms with Crippen LogP contribution in [0.15, 0.2) is 24.4 Å². The van der Waals surface area contributed by atoms with Gasteiger partial charge in [0.15, 0.2) is 0 Å². The Balaban J connectivity index is 2.35. The summed E-state index contributed by atoms with van der Waals surface area (Å²) in [5.41, 5.74) is 7.57. The Morgan fingerprint density at radius 3 is 2.94 bits per heavy atom. The highest BCUT2D eigenvalue weighted by Gasteiger charge is 2.17. The van der Waals surface area contributed by atoms with E-state index in [0.29, 0.717) is 10.6 Å². The maximum Gasteiger partial charge on any atom is 0.124 e. The van der Waals surface area contributed by atoms with Crippen molar-refractivity contribution in [2.75, 3.05) is 0 Å². The van der Waals surface area contributed by atoms with E-state index in [1.54, 1.807) is 16.9 Å². The van der Waals surface area contributed by atoms with Crippen LogP contribution < -0.4 is 5.73 Å². The molecule has 0 amide bonds. The minimum absolute atomic E-state index is 0.312. The topological polar surface area (TPSA) is 56.7 Å². The molecule has 1 unspecified atom stereocenters. The molecule has 0 saturated heterocycles. The summed E-state index contributed by atoms with van der Waals surface area (Å²) in [6.07, 6.45) is 2.54. The van der Waals surface area contributed by atoms with Gasteiger partial charge in [-0.15, -0.1) is 5.10 Å². The molecule has 1 aromatic heterocycles. The van der Waals surface area contributed by atoms with Gasteiger partial charge in [0, 0.05) is 11.6 Å². The van der Waals surface area contributed by atoms with Gasteiger partial charge >= 0.3 is 0 Å². The maximum atomic E-state index is 13.0. The average Bonchev–Trinajstić information content (AvgIpc) is 2.77. The van der Waals surface area contributed by atoms with Gasteiger partial charge in [-0.25, -0.2) is 9.07 Å². The second kappa shape index (κ2) is 5.46. The van der Waals surface area contributed by atoms with E-state index in [0.717, 1.165) is 18.7 Å². The van der Waals surface area contributed by atoms with E-state index in [1.165, 1.54) is 12.1 Å². The van der Waals surface area contributed by atoms with Crippen molar-refractivity contribution in [3.63, 3.8) is 0 Å². The molecule has 0 bridgehead atoms. The van der Waals surface area contributed by atoms with Crippen molar-refractivity contribution in [2.24, 2.45) is 5.73 Å². The lowest BCUT2D eigenvalue weighted by Crippen LogP contribution is -2.18. The highest BCUT2D eigenvalue weighted by atomic mass is 35.5. The normalized spacial score (nSPS) is 12.7. The van der Waals surface area contributed by atoms with Crippen LogP contribution in [0.5, 0.6) is 0 Å². The van der Waals surface area contributed by atoms with E-state index in [-0.39, 0.29) is 5.82 Å². The van der Waals surface area contributed by atoms with E-state index in [9.17, 15) is 4.39 Å². The molecule has 2 N–H and O–H groups in total. The van der Waals surface area contributed by atoms with Crippen LogP contribution >= 0.6 is 11.6 Å². The molecule has 0 radical (unpaired) electrons. The molecule has 0 saturated carbocycles. The monoisotopic (exact) mass is 268 g/mol. The molecule has 2 aromatic rings. The van der Waals surface area contributed by atoms with Gasteiger partial charge in [0.25, 0.3) is 0 Å². The minimum atomic E-state index is -0.459. The first-order chi connectivity index (χ1) is 8.63. The number of hydrogen-bond donors (Lipinski definition) is 1. The van der Waals surface area contributed by atoms with Crippen molar-refractivity contribution in [3.05, 3.63) is 46.5 Å².